The van der Waals surface area contributed by atoms with Gasteiger partial charge in [0.25, 0.3) is 11.5 Å². The van der Waals surface area contributed by atoms with E-state index in [-0.39, 0.29) is 11.1 Å². The topological polar surface area (TPSA) is 110 Å². The molecule has 0 aromatic carbocycles. The van der Waals surface area contributed by atoms with E-state index in [0.29, 0.717) is 11.5 Å². The predicted molar refractivity (Wildman–Crippen MR) is 72.2 cm³/mol. The van der Waals surface area contributed by atoms with Crippen molar-refractivity contribution in [2.24, 2.45) is 7.05 Å². The Morgan fingerprint density at radius 1 is 1.52 bits per heavy atom. The highest BCUT2D eigenvalue weighted by atomic mass is 16.5. The van der Waals surface area contributed by atoms with Crippen molar-refractivity contribution in [1.82, 2.24) is 14.7 Å². The number of aromatic nitrogens is 3. The number of hydrogen-bond donors (Lipinski definition) is 2. The summed E-state index contributed by atoms with van der Waals surface area (Å²) in [6.45, 7) is 1.97. The van der Waals surface area contributed by atoms with Crippen LogP contribution in [0.1, 0.15) is 36.1 Å². The molecule has 0 spiro atoms. The third-order valence-electron chi connectivity index (χ3n) is 3.71. The van der Waals surface area contributed by atoms with Crippen LogP contribution in [0.5, 0.6) is 5.75 Å². The predicted octanol–water partition coefficient (Wildman–Crippen LogP) is 0.778. The fourth-order valence-electron chi connectivity index (χ4n) is 2.16. The Hall–Kier alpha value is -2.64. The molecule has 2 N–H and O–H groups in total. The standard InChI is InChI=1S/C13H14N4O4/c1-13(3-4-13)12-16-8(9(18)11(20)17(12)2)10(19)15-7-5-14-21-6-7/h5-6,18H,3-4H2,1-2H3,(H,15,19). The number of carbonyl (C=O) groups is 1. The molecular formula is C13H14N4O4. The Morgan fingerprint density at radius 3 is 2.81 bits per heavy atom. The lowest BCUT2D eigenvalue weighted by Crippen LogP contribution is -2.29. The zero-order chi connectivity index (χ0) is 15.2. The Kier molecular flexibility index (Phi) is 2.82. The number of nitrogens with zero attached hydrogens (tertiary/aromatic N) is 3. The summed E-state index contributed by atoms with van der Waals surface area (Å²) in [5.41, 5.74) is -0.819. The van der Waals surface area contributed by atoms with Crippen LogP contribution in [0, 0.1) is 0 Å². The summed E-state index contributed by atoms with van der Waals surface area (Å²) >= 11 is 0. The molecule has 2 aromatic heterocycles. The molecule has 21 heavy (non-hydrogen) atoms. The highest BCUT2D eigenvalue weighted by Gasteiger charge is 2.43. The number of nitrogens with one attached hydrogen (secondary N) is 1. The summed E-state index contributed by atoms with van der Waals surface area (Å²) in [6, 6.07) is 0. The minimum atomic E-state index is -0.682. The van der Waals surface area contributed by atoms with Gasteiger partial charge in [0.05, 0.1) is 6.20 Å². The second kappa shape index (κ2) is 4.44. The average Bonchev–Trinajstić information content (AvgIpc) is 2.99. The van der Waals surface area contributed by atoms with Crippen LogP contribution < -0.4 is 10.9 Å². The van der Waals surface area contributed by atoms with Crippen LogP contribution in [0.3, 0.4) is 0 Å². The molecule has 0 saturated heterocycles. The van der Waals surface area contributed by atoms with Gasteiger partial charge in [0.15, 0.2) is 5.69 Å². The van der Waals surface area contributed by atoms with Crippen molar-refractivity contribution in [3.05, 3.63) is 34.3 Å². The largest absolute Gasteiger partial charge is 0.501 e. The van der Waals surface area contributed by atoms with Crippen molar-refractivity contribution in [3.63, 3.8) is 0 Å². The Balaban J connectivity index is 2.04. The first-order valence-corrected chi connectivity index (χ1v) is 6.43. The number of carbonyl (C=O) groups excluding carboxylic acids is 1. The molecule has 8 heteroatoms. The highest BCUT2D eigenvalue weighted by molar-refractivity contribution is 6.04. The molecule has 2 heterocycles. The summed E-state index contributed by atoms with van der Waals surface area (Å²) in [4.78, 5) is 28.4. The third-order valence-corrected chi connectivity index (χ3v) is 3.71. The number of rotatable bonds is 3. The maximum Gasteiger partial charge on any atom is 0.296 e. The zero-order valence-corrected chi connectivity index (χ0v) is 11.6. The quantitative estimate of drug-likeness (QED) is 0.864. The molecule has 0 radical (unpaired) electrons. The van der Waals surface area contributed by atoms with Gasteiger partial charge in [0, 0.05) is 12.5 Å². The van der Waals surface area contributed by atoms with E-state index in [1.807, 2.05) is 6.92 Å². The maximum atomic E-state index is 12.1. The van der Waals surface area contributed by atoms with Crippen molar-refractivity contribution in [3.8, 4) is 5.75 Å². The summed E-state index contributed by atoms with van der Waals surface area (Å²) in [5, 5.41) is 15.8. The number of anilines is 1. The van der Waals surface area contributed by atoms with E-state index in [1.54, 1.807) is 0 Å². The summed E-state index contributed by atoms with van der Waals surface area (Å²) in [7, 11) is 1.54. The molecular weight excluding hydrogens is 276 g/mol. The van der Waals surface area contributed by atoms with E-state index in [2.05, 4.69) is 20.0 Å². The molecule has 110 valence electrons. The van der Waals surface area contributed by atoms with Crippen molar-refractivity contribution in [2.45, 2.75) is 25.2 Å². The Bertz CT molecular complexity index is 759. The number of hydrogen-bond acceptors (Lipinski definition) is 6. The molecule has 1 aliphatic rings. The SMILES string of the molecule is Cn1c(C2(C)CC2)nc(C(=O)Nc2cnoc2)c(O)c1=O. The van der Waals surface area contributed by atoms with Gasteiger partial charge in [-0.1, -0.05) is 12.1 Å². The monoisotopic (exact) mass is 290 g/mol. The Morgan fingerprint density at radius 2 is 2.24 bits per heavy atom. The van der Waals surface area contributed by atoms with Crippen LogP contribution in [0.4, 0.5) is 5.69 Å². The molecule has 0 aliphatic heterocycles. The van der Waals surface area contributed by atoms with Crippen molar-refractivity contribution in [1.29, 1.82) is 0 Å². The summed E-state index contributed by atoms with van der Waals surface area (Å²) in [5.74, 6) is -0.848. The van der Waals surface area contributed by atoms with Crippen LogP contribution in [-0.2, 0) is 12.5 Å². The van der Waals surface area contributed by atoms with Crippen LogP contribution in [0.25, 0.3) is 0 Å². The number of aromatic hydroxyl groups is 1. The van der Waals surface area contributed by atoms with Crippen LogP contribution >= 0.6 is 0 Å². The molecule has 1 aliphatic carbocycles. The molecule has 8 nitrogen and oxygen atoms in total. The second-order valence-corrected chi connectivity index (χ2v) is 5.42. The van der Waals surface area contributed by atoms with Crippen LogP contribution in [0.15, 0.2) is 21.8 Å². The van der Waals surface area contributed by atoms with Crippen LogP contribution in [-0.4, -0.2) is 25.7 Å². The lowest BCUT2D eigenvalue weighted by atomic mass is 10.1. The molecule has 0 unspecified atom stereocenters. The fraction of sp³-hybridized carbons (Fsp3) is 0.385. The third kappa shape index (κ3) is 2.18. The average molecular weight is 290 g/mol. The lowest BCUT2D eigenvalue weighted by molar-refractivity contribution is 0.101. The minimum absolute atomic E-state index is 0.214. The maximum absolute atomic E-state index is 12.1. The zero-order valence-electron chi connectivity index (χ0n) is 11.6. The highest BCUT2D eigenvalue weighted by Crippen LogP contribution is 2.46. The van der Waals surface area contributed by atoms with Crippen molar-refractivity contribution >= 4 is 11.6 Å². The van der Waals surface area contributed by atoms with E-state index in [0.717, 1.165) is 12.8 Å². The normalized spacial score (nSPS) is 15.7. The van der Waals surface area contributed by atoms with Gasteiger partial charge in [-0.2, -0.15) is 0 Å². The summed E-state index contributed by atoms with van der Waals surface area (Å²) < 4.78 is 5.89. The van der Waals surface area contributed by atoms with Gasteiger partial charge in [-0.05, 0) is 12.8 Å². The van der Waals surface area contributed by atoms with E-state index in [4.69, 9.17) is 0 Å². The fourth-order valence-corrected chi connectivity index (χ4v) is 2.16. The van der Waals surface area contributed by atoms with Crippen molar-refractivity contribution < 1.29 is 14.4 Å². The minimum Gasteiger partial charge on any atom is -0.501 e. The summed E-state index contributed by atoms with van der Waals surface area (Å²) in [6.07, 6.45) is 4.33. The van der Waals surface area contributed by atoms with Gasteiger partial charge in [0.2, 0.25) is 5.75 Å². The van der Waals surface area contributed by atoms with Gasteiger partial charge >= 0.3 is 0 Å². The van der Waals surface area contributed by atoms with Gasteiger partial charge in [-0.3, -0.25) is 14.2 Å². The molecule has 0 atom stereocenters. The first-order chi connectivity index (χ1) is 9.92. The molecule has 1 amide bonds. The van der Waals surface area contributed by atoms with Crippen LogP contribution in [0.2, 0.25) is 0 Å². The molecule has 3 rings (SSSR count). The molecule has 1 fully saturated rings. The Labute approximate surface area is 119 Å². The van der Waals surface area contributed by atoms with Gasteiger partial charge in [0.1, 0.15) is 17.8 Å². The van der Waals surface area contributed by atoms with Gasteiger partial charge in [-0.25, -0.2) is 4.98 Å². The number of amides is 1. The molecule has 2 aromatic rings. The van der Waals surface area contributed by atoms with Gasteiger partial charge < -0.3 is 14.9 Å². The second-order valence-electron chi connectivity index (χ2n) is 5.42. The van der Waals surface area contributed by atoms with E-state index in [1.165, 1.54) is 24.1 Å². The molecule has 1 saturated carbocycles. The smallest absolute Gasteiger partial charge is 0.296 e. The van der Waals surface area contributed by atoms with E-state index < -0.39 is 17.2 Å². The first kappa shape index (κ1) is 13.3. The lowest BCUT2D eigenvalue weighted by Gasteiger charge is -2.15. The van der Waals surface area contributed by atoms with E-state index >= 15 is 0 Å². The first-order valence-electron chi connectivity index (χ1n) is 6.43. The van der Waals surface area contributed by atoms with Crippen molar-refractivity contribution in [2.75, 3.05) is 5.32 Å². The molecule has 0 bridgehead atoms. The van der Waals surface area contributed by atoms with E-state index in [9.17, 15) is 14.7 Å². The van der Waals surface area contributed by atoms with Gasteiger partial charge in [-0.15, -0.1) is 0 Å².